The summed E-state index contributed by atoms with van der Waals surface area (Å²) in [5, 5.41) is 9.33. The number of nitrogens with one attached hydrogen (secondary N) is 1. The third kappa shape index (κ3) is 3.79. The number of rotatable bonds is 5. The number of pyridine rings is 1. The zero-order chi connectivity index (χ0) is 23.8. The number of benzene rings is 2. The average Bonchev–Trinajstić information content (AvgIpc) is 3.25. The van der Waals surface area contributed by atoms with E-state index in [1.807, 2.05) is 75.6 Å². The molecule has 0 saturated heterocycles. The first-order valence-corrected chi connectivity index (χ1v) is 11.0. The Morgan fingerprint density at radius 2 is 1.85 bits per heavy atom. The summed E-state index contributed by atoms with van der Waals surface area (Å²) in [5.41, 5.74) is 10.1. The summed E-state index contributed by atoms with van der Waals surface area (Å²) in [6.07, 6.45) is 5.33. The van der Waals surface area contributed by atoms with Crippen LogP contribution in [-0.4, -0.2) is 24.3 Å². The minimum atomic E-state index is -0.275. The van der Waals surface area contributed by atoms with Gasteiger partial charge in [-0.25, -0.2) is 4.98 Å². The molecule has 0 radical (unpaired) electrons. The van der Waals surface area contributed by atoms with Crippen molar-refractivity contribution in [3.8, 4) is 16.8 Å². The molecule has 3 N–H and O–H groups in total. The maximum absolute atomic E-state index is 13.8. The predicted molar refractivity (Wildman–Crippen MR) is 135 cm³/mol. The Morgan fingerprint density at radius 3 is 2.59 bits per heavy atom. The van der Waals surface area contributed by atoms with Crippen molar-refractivity contribution < 1.29 is 0 Å². The number of nitrogens with zero attached hydrogens (tertiary/aromatic N) is 5. The maximum Gasteiger partial charge on any atom is 0.263 e. The molecule has 3 aromatic heterocycles. The van der Waals surface area contributed by atoms with Gasteiger partial charge < -0.3 is 11.1 Å². The highest BCUT2D eigenvalue weighted by Gasteiger charge is 2.19. The molecule has 0 fully saturated rings. The van der Waals surface area contributed by atoms with Crippen LogP contribution in [0.2, 0.25) is 0 Å². The van der Waals surface area contributed by atoms with Gasteiger partial charge in [-0.3, -0.25) is 14.0 Å². The maximum atomic E-state index is 13.8. The molecule has 0 saturated carbocycles. The number of hydrogen-bond donors (Lipinski definition) is 2. The second-order valence-corrected chi connectivity index (χ2v) is 8.34. The van der Waals surface area contributed by atoms with Gasteiger partial charge in [0.25, 0.3) is 5.56 Å². The molecular formula is C26H25N7O. The molecule has 0 amide bonds. The average molecular weight is 452 g/mol. The van der Waals surface area contributed by atoms with E-state index in [1.165, 1.54) is 0 Å². The van der Waals surface area contributed by atoms with Crippen LogP contribution in [0.1, 0.15) is 24.2 Å². The second kappa shape index (κ2) is 8.47. The van der Waals surface area contributed by atoms with Gasteiger partial charge in [-0.2, -0.15) is 10.1 Å². The van der Waals surface area contributed by atoms with Crippen molar-refractivity contribution in [3.05, 3.63) is 94.8 Å². The third-order valence-electron chi connectivity index (χ3n) is 5.92. The normalized spacial score (nSPS) is 12.1. The van der Waals surface area contributed by atoms with Gasteiger partial charge in [0.2, 0.25) is 5.95 Å². The Bertz CT molecular complexity index is 1550. The lowest BCUT2D eigenvalue weighted by atomic mass is 10.0. The molecule has 34 heavy (non-hydrogen) atoms. The number of para-hydroxylation sites is 1. The van der Waals surface area contributed by atoms with Crippen molar-refractivity contribution in [3.63, 3.8) is 0 Å². The molecule has 0 aliphatic rings. The van der Waals surface area contributed by atoms with Gasteiger partial charge in [-0.1, -0.05) is 36.4 Å². The number of aryl methyl sites for hydroxylation is 2. The first kappa shape index (κ1) is 21.4. The highest BCUT2D eigenvalue weighted by atomic mass is 16.1. The van der Waals surface area contributed by atoms with Crippen LogP contribution >= 0.6 is 0 Å². The first-order valence-electron chi connectivity index (χ1n) is 11.0. The lowest BCUT2D eigenvalue weighted by Gasteiger charge is -2.22. The topological polar surface area (TPSA) is 104 Å². The van der Waals surface area contributed by atoms with Crippen molar-refractivity contribution in [2.24, 2.45) is 7.05 Å². The summed E-state index contributed by atoms with van der Waals surface area (Å²) in [6, 6.07) is 17.4. The van der Waals surface area contributed by atoms with Crippen molar-refractivity contribution in [1.29, 1.82) is 0 Å². The fraction of sp³-hybridized carbons (Fsp3) is 0.154. The number of nitrogen functional groups attached to an aromatic ring is 1. The van der Waals surface area contributed by atoms with Gasteiger partial charge in [-0.15, -0.1) is 0 Å². The zero-order valence-electron chi connectivity index (χ0n) is 19.2. The summed E-state index contributed by atoms with van der Waals surface area (Å²) in [4.78, 5) is 22.4. The third-order valence-corrected chi connectivity index (χ3v) is 5.92. The van der Waals surface area contributed by atoms with E-state index >= 15 is 0 Å². The number of aromatic nitrogens is 5. The van der Waals surface area contributed by atoms with Crippen LogP contribution in [0.15, 0.2) is 78.0 Å². The molecule has 8 nitrogen and oxygen atoms in total. The molecule has 5 rings (SSSR count). The van der Waals surface area contributed by atoms with Gasteiger partial charge in [0.05, 0.1) is 17.6 Å². The summed E-state index contributed by atoms with van der Waals surface area (Å²) in [6.45, 7) is 3.96. The molecule has 0 aliphatic heterocycles. The number of fused-ring (bicyclic) bond motifs is 1. The van der Waals surface area contributed by atoms with Crippen LogP contribution in [0.4, 0.5) is 11.8 Å². The predicted octanol–water partition coefficient (Wildman–Crippen LogP) is 4.24. The minimum absolute atomic E-state index is 0.0554. The van der Waals surface area contributed by atoms with E-state index in [2.05, 4.69) is 26.4 Å². The lowest BCUT2D eigenvalue weighted by molar-refractivity contribution is 0.768. The largest absolute Gasteiger partial charge is 0.368 e. The van der Waals surface area contributed by atoms with E-state index in [-0.39, 0.29) is 17.5 Å². The van der Waals surface area contributed by atoms with Crippen LogP contribution in [0.3, 0.4) is 0 Å². The lowest BCUT2D eigenvalue weighted by Crippen LogP contribution is -2.26. The van der Waals surface area contributed by atoms with E-state index in [4.69, 9.17) is 5.73 Å². The Morgan fingerprint density at radius 1 is 1.06 bits per heavy atom. The first-order chi connectivity index (χ1) is 16.4. The monoisotopic (exact) mass is 451 g/mol. The number of hydrogen-bond acceptors (Lipinski definition) is 6. The number of anilines is 2. The van der Waals surface area contributed by atoms with E-state index in [0.29, 0.717) is 11.2 Å². The molecule has 170 valence electrons. The van der Waals surface area contributed by atoms with E-state index in [9.17, 15) is 4.79 Å². The van der Waals surface area contributed by atoms with Gasteiger partial charge in [0.15, 0.2) is 0 Å². The fourth-order valence-corrected chi connectivity index (χ4v) is 4.27. The van der Waals surface area contributed by atoms with Crippen molar-refractivity contribution in [1.82, 2.24) is 24.3 Å². The highest BCUT2D eigenvalue weighted by Crippen LogP contribution is 2.30. The molecule has 2 aromatic carbocycles. The molecule has 0 bridgehead atoms. The van der Waals surface area contributed by atoms with E-state index in [0.717, 1.165) is 33.5 Å². The van der Waals surface area contributed by atoms with E-state index < -0.39 is 0 Å². The van der Waals surface area contributed by atoms with Gasteiger partial charge in [0.1, 0.15) is 5.82 Å². The van der Waals surface area contributed by atoms with Crippen LogP contribution in [0.5, 0.6) is 0 Å². The Kier molecular flexibility index (Phi) is 5.33. The number of nitrogens with two attached hydrogens (primary N) is 1. The van der Waals surface area contributed by atoms with Crippen LogP contribution in [-0.2, 0) is 7.05 Å². The standard InChI is InChI=1S/C26H25N7O/c1-16-8-7-9-18-12-22(33(25(34)23(16)18)20-10-5-4-6-11-20)17(2)30-24-21(14-28-26(27)31-24)19-13-29-32(3)15-19/h4-15,17H,1-3H3,(H3,27,28,30,31)/t17-/m0/s1. The molecule has 0 aliphatic carbocycles. The fourth-order valence-electron chi connectivity index (χ4n) is 4.27. The highest BCUT2D eigenvalue weighted by molar-refractivity contribution is 5.85. The SMILES string of the molecule is Cc1cccc2cc([C@H](C)Nc3nc(N)ncc3-c3cnn(C)c3)n(-c3ccccc3)c(=O)c12. The van der Waals surface area contributed by atoms with Crippen molar-refractivity contribution in [2.75, 3.05) is 11.1 Å². The Labute approximate surface area is 196 Å². The summed E-state index contributed by atoms with van der Waals surface area (Å²) in [7, 11) is 1.85. The molecule has 1 atom stereocenters. The van der Waals surface area contributed by atoms with Gasteiger partial charge in [0, 0.05) is 41.9 Å². The Balaban J connectivity index is 1.67. The summed E-state index contributed by atoms with van der Waals surface area (Å²) < 4.78 is 3.49. The molecular weight excluding hydrogens is 426 g/mol. The van der Waals surface area contributed by atoms with Gasteiger partial charge >= 0.3 is 0 Å². The van der Waals surface area contributed by atoms with Crippen LogP contribution in [0, 0.1) is 6.92 Å². The molecule has 0 unspecified atom stereocenters. The zero-order valence-corrected chi connectivity index (χ0v) is 19.2. The van der Waals surface area contributed by atoms with Crippen molar-refractivity contribution >= 4 is 22.5 Å². The summed E-state index contributed by atoms with van der Waals surface area (Å²) in [5.74, 6) is 0.737. The smallest absolute Gasteiger partial charge is 0.263 e. The quantitative estimate of drug-likeness (QED) is 0.414. The minimum Gasteiger partial charge on any atom is -0.368 e. The van der Waals surface area contributed by atoms with E-state index in [1.54, 1.807) is 21.6 Å². The molecule has 5 aromatic rings. The Hall–Kier alpha value is -4.46. The molecule has 8 heteroatoms. The second-order valence-electron chi connectivity index (χ2n) is 8.34. The molecule has 0 spiro atoms. The van der Waals surface area contributed by atoms with Gasteiger partial charge in [-0.05, 0) is 43.0 Å². The summed E-state index contributed by atoms with van der Waals surface area (Å²) >= 11 is 0. The van der Waals surface area contributed by atoms with Crippen LogP contribution < -0.4 is 16.6 Å². The molecule has 3 heterocycles. The van der Waals surface area contributed by atoms with Crippen LogP contribution in [0.25, 0.3) is 27.6 Å². The van der Waals surface area contributed by atoms with Crippen molar-refractivity contribution in [2.45, 2.75) is 19.9 Å².